The van der Waals surface area contributed by atoms with E-state index < -0.39 is 4.92 Å². The molecule has 0 radical (unpaired) electrons. The molecule has 2 aromatic carbocycles. The van der Waals surface area contributed by atoms with E-state index in [0.717, 1.165) is 11.3 Å². The Bertz CT molecular complexity index is 611. The van der Waals surface area contributed by atoms with E-state index in [1.165, 1.54) is 18.2 Å². The van der Waals surface area contributed by atoms with Gasteiger partial charge in [-0.3, -0.25) is 10.1 Å². The number of ether oxygens (including phenoxy) is 2. The Morgan fingerprint density at radius 1 is 1.20 bits per heavy atom. The van der Waals surface area contributed by atoms with Crippen molar-refractivity contribution >= 4 is 11.4 Å². The van der Waals surface area contributed by atoms with Crippen molar-refractivity contribution in [3.05, 3.63) is 58.1 Å². The first-order valence-electron chi connectivity index (χ1n) is 5.90. The van der Waals surface area contributed by atoms with E-state index in [2.05, 4.69) is 0 Å². The summed E-state index contributed by atoms with van der Waals surface area (Å²) in [4.78, 5) is 10.1. The quantitative estimate of drug-likeness (QED) is 0.514. The Kier molecular flexibility index (Phi) is 4.05. The van der Waals surface area contributed by atoms with Gasteiger partial charge < -0.3 is 15.2 Å². The zero-order valence-electron chi connectivity index (χ0n) is 10.9. The number of hydrogen-bond acceptors (Lipinski definition) is 5. The summed E-state index contributed by atoms with van der Waals surface area (Å²) in [5.41, 5.74) is 6.85. The van der Waals surface area contributed by atoms with Crippen molar-refractivity contribution in [3.8, 4) is 11.5 Å². The van der Waals surface area contributed by atoms with Crippen LogP contribution >= 0.6 is 0 Å². The average molecular weight is 274 g/mol. The maximum Gasteiger partial charge on any atom is 0.271 e. The highest BCUT2D eigenvalue weighted by Gasteiger charge is 2.09. The minimum absolute atomic E-state index is 0.0562. The van der Waals surface area contributed by atoms with Gasteiger partial charge >= 0.3 is 0 Å². The number of non-ortho nitro benzene ring substituents is 1. The van der Waals surface area contributed by atoms with Gasteiger partial charge in [-0.2, -0.15) is 0 Å². The van der Waals surface area contributed by atoms with E-state index in [1.807, 2.05) is 24.3 Å². The molecule has 0 aliphatic rings. The fraction of sp³-hybridized carbons (Fsp3) is 0.143. The minimum atomic E-state index is -0.496. The lowest BCUT2D eigenvalue weighted by Gasteiger charge is -2.09. The highest BCUT2D eigenvalue weighted by Crippen LogP contribution is 2.27. The van der Waals surface area contributed by atoms with Crippen LogP contribution in [0, 0.1) is 10.1 Å². The Labute approximate surface area is 115 Å². The Balaban J connectivity index is 2.04. The second-order valence-corrected chi connectivity index (χ2v) is 4.12. The number of methoxy groups -OCH3 is 1. The van der Waals surface area contributed by atoms with Gasteiger partial charge in [0.15, 0.2) is 0 Å². The summed E-state index contributed by atoms with van der Waals surface area (Å²) in [6.45, 7) is 0.325. The third-order valence-electron chi connectivity index (χ3n) is 2.76. The molecular weight excluding hydrogens is 260 g/mol. The smallest absolute Gasteiger partial charge is 0.271 e. The summed E-state index contributed by atoms with van der Waals surface area (Å²) in [5, 5.41) is 10.6. The first kappa shape index (κ1) is 13.7. The molecule has 0 unspecified atom stereocenters. The minimum Gasteiger partial charge on any atom is -0.497 e. The summed E-state index contributed by atoms with van der Waals surface area (Å²) in [7, 11) is 1.60. The van der Waals surface area contributed by atoms with Crippen LogP contribution in [0.1, 0.15) is 5.56 Å². The summed E-state index contributed by atoms with van der Waals surface area (Å²) >= 11 is 0. The maximum atomic E-state index is 10.6. The van der Waals surface area contributed by atoms with E-state index in [4.69, 9.17) is 15.2 Å². The molecule has 20 heavy (non-hydrogen) atoms. The number of anilines is 1. The Morgan fingerprint density at radius 2 is 1.90 bits per heavy atom. The predicted octanol–water partition coefficient (Wildman–Crippen LogP) is 2.76. The number of nitro groups is 1. The van der Waals surface area contributed by atoms with E-state index >= 15 is 0 Å². The summed E-state index contributed by atoms with van der Waals surface area (Å²) in [6.07, 6.45) is 0. The van der Waals surface area contributed by atoms with Crippen LogP contribution in [0.2, 0.25) is 0 Å². The number of nitrogen functional groups attached to an aromatic ring is 1. The lowest BCUT2D eigenvalue weighted by molar-refractivity contribution is -0.384. The third kappa shape index (κ3) is 3.17. The highest BCUT2D eigenvalue weighted by molar-refractivity contribution is 5.58. The first-order chi connectivity index (χ1) is 9.60. The average Bonchev–Trinajstić information content (AvgIpc) is 2.46. The molecule has 6 nitrogen and oxygen atoms in total. The molecule has 0 aliphatic heterocycles. The van der Waals surface area contributed by atoms with Crippen LogP contribution in [-0.4, -0.2) is 12.0 Å². The van der Waals surface area contributed by atoms with Crippen LogP contribution in [0.15, 0.2) is 42.5 Å². The summed E-state index contributed by atoms with van der Waals surface area (Å²) < 4.78 is 10.6. The van der Waals surface area contributed by atoms with Crippen molar-refractivity contribution in [2.75, 3.05) is 12.8 Å². The van der Waals surface area contributed by atoms with E-state index in [9.17, 15) is 10.1 Å². The van der Waals surface area contributed by atoms with Crippen molar-refractivity contribution in [2.45, 2.75) is 6.61 Å². The van der Waals surface area contributed by atoms with Gasteiger partial charge in [0.1, 0.15) is 18.1 Å². The van der Waals surface area contributed by atoms with Gasteiger partial charge in [0.05, 0.1) is 17.7 Å². The third-order valence-corrected chi connectivity index (χ3v) is 2.76. The molecule has 6 heteroatoms. The number of rotatable bonds is 5. The van der Waals surface area contributed by atoms with Crippen LogP contribution in [0.5, 0.6) is 11.5 Å². The monoisotopic (exact) mass is 274 g/mol. The number of benzene rings is 2. The molecule has 0 saturated heterocycles. The van der Waals surface area contributed by atoms with Gasteiger partial charge in [-0.25, -0.2) is 0 Å². The van der Waals surface area contributed by atoms with Crippen LogP contribution < -0.4 is 15.2 Å². The van der Waals surface area contributed by atoms with E-state index in [-0.39, 0.29) is 11.4 Å². The Hall–Kier alpha value is -2.76. The van der Waals surface area contributed by atoms with Gasteiger partial charge in [-0.15, -0.1) is 0 Å². The molecular formula is C14H14N2O4. The maximum absolute atomic E-state index is 10.6. The van der Waals surface area contributed by atoms with Gasteiger partial charge in [-0.05, 0) is 23.8 Å². The Morgan fingerprint density at radius 3 is 2.45 bits per heavy atom. The molecule has 0 saturated carbocycles. The largest absolute Gasteiger partial charge is 0.497 e. The molecule has 0 heterocycles. The molecule has 2 N–H and O–H groups in total. The van der Waals surface area contributed by atoms with Crippen LogP contribution in [0.3, 0.4) is 0 Å². The van der Waals surface area contributed by atoms with Crippen molar-refractivity contribution in [1.29, 1.82) is 0 Å². The lowest BCUT2D eigenvalue weighted by atomic mass is 10.2. The normalized spacial score (nSPS) is 10.1. The van der Waals surface area contributed by atoms with E-state index in [0.29, 0.717) is 12.4 Å². The van der Waals surface area contributed by atoms with Gasteiger partial charge in [0, 0.05) is 12.1 Å². The zero-order valence-corrected chi connectivity index (χ0v) is 10.9. The molecule has 0 bridgehead atoms. The second kappa shape index (κ2) is 5.92. The van der Waals surface area contributed by atoms with Crippen molar-refractivity contribution in [1.82, 2.24) is 0 Å². The lowest BCUT2D eigenvalue weighted by Crippen LogP contribution is -1.99. The number of nitrogens with zero attached hydrogens (tertiary/aromatic N) is 1. The molecule has 0 spiro atoms. The summed E-state index contributed by atoms with van der Waals surface area (Å²) in [5.74, 6) is 1.19. The molecule has 0 amide bonds. The summed E-state index contributed by atoms with van der Waals surface area (Å²) in [6, 6.07) is 11.6. The molecule has 0 fully saturated rings. The van der Waals surface area contributed by atoms with Gasteiger partial charge in [0.2, 0.25) is 0 Å². The van der Waals surface area contributed by atoms with Crippen LogP contribution in [0.4, 0.5) is 11.4 Å². The van der Waals surface area contributed by atoms with E-state index in [1.54, 1.807) is 7.11 Å². The fourth-order valence-corrected chi connectivity index (χ4v) is 1.66. The van der Waals surface area contributed by atoms with Gasteiger partial charge in [0.25, 0.3) is 5.69 Å². The fourth-order valence-electron chi connectivity index (χ4n) is 1.66. The molecule has 0 atom stereocenters. The van der Waals surface area contributed by atoms with Crippen LogP contribution in [0.25, 0.3) is 0 Å². The predicted molar refractivity (Wildman–Crippen MR) is 74.8 cm³/mol. The standard InChI is InChI=1S/C14H14N2O4/c1-19-12-5-2-10(3-6-12)9-20-14-7-4-11(16(17)18)8-13(14)15/h2-8H,9,15H2,1H3. The molecule has 0 aliphatic carbocycles. The molecule has 104 valence electrons. The number of nitrogens with two attached hydrogens (primary N) is 1. The molecule has 2 rings (SSSR count). The number of hydrogen-bond donors (Lipinski definition) is 1. The topological polar surface area (TPSA) is 87.6 Å². The van der Waals surface area contributed by atoms with Crippen LogP contribution in [-0.2, 0) is 6.61 Å². The van der Waals surface area contributed by atoms with Crippen molar-refractivity contribution in [2.24, 2.45) is 0 Å². The number of nitro benzene ring substituents is 1. The van der Waals surface area contributed by atoms with Crippen molar-refractivity contribution in [3.63, 3.8) is 0 Å². The molecule has 0 aromatic heterocycles. The zero-order chi connectivity index (χ0) is 14.5. The second-order valence-electron chi connectivity index (χ2n) is 4.12. The van der Waals surface area contributed by atoms with Gasteiger partial charge in [-0.1, -0.05) is 12.1 Å². The highest BCUT2D eigenvalue weighted by atomic mass is 16.6. The SMILES string of the molecule is COc1ccc(COc2ccc([N+](=O)[O-])cc2N)cc1. The first-order valence-corrected chi connectivity index (χ1v) is 5.90. The molecule has 2 aromatic rings. The van der Waals surface area contributed by atoms with Crippen molar-refractivity contribution < 1.29 is 14.4 Å².